The number of carbonyl (C=O) groups excluding carboxylic acids is 1. The third-order valence-electron chi connectivity index (χ3n) is 5.56. The van der Waals surface area contributed by atoms with Crippen molar-refractivity contribution in [2.75, 3.05) is 6.54 Å². The second-order valence-corrected chi connectivity index (χ2v) is 7.44. The van der Waals surface area contributed by atoms with Gasteiger partial charge in [-0.2, -0.15) is 0 Å². The van der Waals surface area contributed by atoms with E-state index in [1.807, 2.05) is 23.1 Å². The fraction of sp³-hybridized carbons (Fsp3) is 0.348. The van der Waals surface area contributed by atoms with Crippen molar-refractivity contribution in [3.63, 3.8) is 0 Å². The number of nitrogens with zero attached hydrogens (tertiary/aromatic N) is 3. The standard InChI is InChI=1S/C23H25N3O2/c1-16-5-6-19(14-17(16)2)21-15-25-22(28-21)7-8-23(27)26-13-3-4-20(26)18-9-11-24-12-10-18/h5-6,9-12,14-15,20H,3-4,7-8,13H2,1-2H3. The molecule has 2 aromatic heterocycles. The number of rotatable bonds is 5. The van der Waals surface area contributed by atoms with Gasteiger partial charge in [0, 0.05) is 37.3 Å². The van der Waals surface area contributed by atoms with Crippen molar-refractivity contribution in [2.24, 2.45) is 0 Å². The van der Waals surface area contributed by atoms with Crippen LogP contribution in [0, 0.1) is 13.8 Å². The molecule has 0 spiro atoms. The molecule has 1 aromatic carbocycles. The molecular weight excluding hydrogens is 350 g/mol. The van der Waals surface area contributed by atoms with E-state index in [4.69, 9.17) is 4.42 Å². The summed E-state index contributed by atoms with van der Waals surface area (Å²) in [6.07, 6.45) is 8.30. The van der Waals surface area contributed by atoms with Crippen LogP contribution in [0.15, 0.2) is 53.3 Å². The molecule has 3 aromatic rings. The van der Waals surface area contributed by atoms with Gasteiger partial charge in [0.15, 0.2) is 11.7 Å². The molecule has 1 aliphatic heterocycles. The van der Waals surface area contributed by atoms with Crippen LogP contribution in [0.2, 0.25) is 0 Å². The Balaban J connectivity index is 1.40. The Morgan fingerprint density at radius 2 is 2.00 bits per heavy atom. The van der Waals surface area contributed by atoms with Crippen LogP contribution in [0.3, 0.4) is 0 Å². The van der Waals surface area contributed by atoms with Crippen molar-refractivity contribution in [3.05, 3.63) is 71.5 Å². The lowest BCUT2D eigenvalue weighted by molar-refractivity contribution is -0.132. The molecule has 0 N–H and O–H groups in total. The van der Waals surface area contributed by atoms with Crippen LogP contribution in [0.1, 0.15) is 47.9 Å². The number of oxazole rings is 1. The van der Waals surface area contributed by atoms with Crippen LogP contribution in [0.25, 0.3) is 11.3 Å². The summed E-state index contributed by atoms with van der Waals surface area (Å²) in [6, 6.07) is 10.4. The van der Waals surface area contributed by atoms with Crippen LogP contribution in [-0.4, -0.2) is 27.3 Å². The van der Waals surface area contributed by atoms with Gasteiger partial charge in [0.25, 0.3) is 0 Å². The molecule has 144 valence electrons. The molecule has 1 aliphatic rings. The summed E-state index contributed by atoms with van der Waals surface area (Å²) >= 11 is 0. The molecule has 1 unspecified atom stereocenters. The minimum Gasteiger partial charge on any atom is -0.441 e. The number of aryl methyl sites for hydroxylation is 3. The molecule has 28 heavy (non-hydrogen) atoms. The maximum absolute atomic E-state index is 12.8. The predicted octanol–water partition coefficient (Wildman–Crippen LogP) is 4.65. The maximum Gasteiger partial charge on any atom is 0.223 e. The second-order valence-electron chi connectivity index (χ2n) is 7.44. The molecule has 1 fully saturated rings. The van der Waals surface area contributed by atoms with Gasteiger partial charge in [-0.25, -0.2) is 4.98 Å². The fourth-order valence-corrected chi connectivity index (χ4v) is 3.81. The number of hydrogen-bond acceptors (Lipinski definition) is 4. The Hall–Kier alpha value is -2.95. The molecule has 1 atom stereocenters. The quantitative estimate of drug-likeness (QED) is 0.651. The van der Waals surface area contributed by atoms with Crippen LogP contribution in [-0.2, 0) is 11.2 Å². The van der Waals surface area contributed by atoms with E-state index in [9.17, 15) is 4.79 Å². The van der Waals surface area contributed by atoms with Gasteiger partial charge in [-0.15, -0.1) is 0 Å². The summed E-state index contributed by atoms with van der Waals surface area (Å²) in [5.74, 6) is 1.52. The number of likely N-dealkylation sites (tertiary alicyclic amines) is 1. The van der Waals surface area contributed by atoms with E-state index in [2.05, 4.69) is 35.9 Å². The number of benzene rings is 1. The average molecular weight is 375 g/mol. The lowest BCUT2D eigenvalue weighted by atomic mass is 10.1. The zero-order valence-corrected chi connectivity index (χ0v) is 16.4. The van der Waals surface area contributed by atoms with Crippen molar-refractivity contribution in [1.82, 2.24) is 14.9 Å². The molecular formula is C23H25N3O2. The highest BCUT2D eigenvalue weighted by molar-refractivity contribution is 5.77. The molecule has 4 rings (SSSR count). The Morgan fingerprint density at radius 1 is 1.18 bits per heavy atom. The SMILES string of the molecule is Cc1ccc(-c2cnc(CCC(=O)N3CCCC3c3ccncc3)o2)cc1C. The summed E-state index contributed by atoms with van der Waals surface area (Å²) in [6.45, 7) is 4.99. The summed E-state index contributed by atoms with van der Waals surface area (Å²) in [4.78, 5) is 23.2. The minimum absolute atomic E-state index is 0.158. The van der Waals surface area contributed by atoms with E-state index in [1.165, 1.54) is 11.1 Å². The van der Waals surface area contributed by atoms with Crippen molar-refractivity contribution in [3.8, 4) is 11.3 Å². The van der Waals surface area contributed by atoms with E-state index in [1.54, 1.807) is 18.6 Å². The number of aromatic nitrogens is 2. The van der Waals surface area contributed by atoms with E-state index < -0.39 is 0 Å². The van der Waals surface area contributed by atoms with E-state index >= 15 is 0 Å². The molecule has 1 saturated heterocycles. The van der Waals surface area contributed by atoms with Gasteiger partial charge in [-0.1, -0.05) is 12.1 Å². The molecule has 0 bridgehead atoms. The third kappa shape index (κ3) is 3.84. The van der Waals surface area contributed by atoms with Crippen molar-refractivity contribution in [1.29, 1.82) is 0 Å². The average Bonchev–Trinajstić information content (AvgIpc) is 3.39. The Morgan fingerprint density at radius 3 is 2.79 bits per heavy atom. The minimum atomic E-state index is 0.158. The Kier molecular flexibility index (Phi) is 5.24. The predicted molar refractivity (Wildman–Crippen MR) is 108 cm³/mol. The lowest BCUT2D eigenvalue weighted by Gasteiger charge is -2.24. The highest BCUT2D eigenvalue weighted by Crippen LogP contribution is 2.32. The largest absolute Gasteiger partial charge is 0.441 e. The number of pyridine rings is 1. The van der Waals surface area contributed by atoms with Crippen molar-refractivity contribution < 1.29 is 9.21 Å². The lowest BCUT2D eigenvalue weighted by Crippen LogP contribution is -2.30. The van der Waals surface area contributed by atoms with Crippen molar-refractivity contribution >= 4 is 5.91 Å². The summed E-state index contributed by atoms with van der Waals surface area (Å²) in [7, 11) is 0. The first-order valence-electron chi connectivity index (χ1n) is 9.83. The first-order valence-corrected chi connectivity index (χ1v) is 9.83. The first kappa shape index (κ1) is 18.4. The third-order valence-corrected chi connectivity index (χ3v) is 5.56. The second kappa shape index (κ2) is 7.97. The first-order chi connectivity index (χ1) is 13.6. The monoisotopic (exact) mass is 375 g/mol. The number of carbonyl (C=O) groups is 1. The normalized spacial score (nSPS) is 16.5. The summed E-state index contributed by atoms with van der Waals surface area (Å²) in [5.41, 5.74) is 4.66. The molecule has 0 radical (unpaired) electrons. The van der Waals surface area contributed by atoms with Gasteiger partial charge in [0.2, 0.25) is 5.91 Å². The van der Waals surface area contributed by atoms with Gasteiger partial charge in [-0.3, -0.25) is 9.78 Å². The van der Waals surface area contributed by atoms with Crippen LogP contribution in [0.5, 0.6) is 0 Å². The Labute approximate surface area is 165 Å². The number of hydrogen-bond donors (Lipinski definition) is 0. The van der Waals surface area contributed by atoms with E-state index in [0.717, 1.165) is 36.3 Å². The highest BCUT2D eigenvalue weighted by Gasteiger charge is 2.29. The molecule has 1 amide bonds. The molecule has 3 heterocycles. The smallest absolute Gasteiger partial charge is 0.223 e. The van der Waals surface area contributed by atoms with Crippen molar-refractivity contribution in [2.45, 2.75) is 45.6 Å². The zero-order valence-electron chi connectivity index (χ0n) is 16.4. The highest BCUT2D eigenvalue weighted by atomic mass is 16.4. The van der Waals surface area contributed by atoms with Gasteiger partial charge >= 0.3 is 0 Å². The van der Waals surface area contributed by atoms with Gasteiger partial charge in [0.05, 0.1) is 12.2 Å². The molecule has 5 heteroatoms. The van der Waals surface area contributed by atoms with E-state index in [-0.39, 0.29) is 11.9 Å². The topological polar surface area (TPSA) is 59.2 Å². The van der Waals surface area contributed by atoms with Crippen LogP contribution in [0.4, 0.5) is 0 Å². The summed E-state index contributed by atoms with van der Waals surface area (Å²) < 4.78 is 5.90. The Bertz CT molecular complexity index is 965. The number of amides is 1. The van der Waals surface area contributed by atoms with Crippen LogP contribution >= 0.6 is 0 Å². The molecule has 0 aliphatic carbocycles. The molecule has 5 nitrogen and oxygen atoms in total. The van der Waals surface area contributed by atoms with E-state index in [0.29, 0.717) is 18.7 Å². The van der Waals surface area contributed by atoms with Gasteiger partial charge in [0.1, 0.15) is 0 Å². The summed E-state index contributed by atoms with van der Waals surface area (Å²) in [5, 5.41) is 0. The zero-order chi connectivity index (χ0) is 19.5. The fourth-order valence-electron chi connectivity index (χ4n) is 3.81. The maximum atomic E-state index is 12.8. The van der Waals surface area contributed by atoms with Gasteiger partial charge in [-0.05, 0) is 61.6 Å². The van der Waals surface area contributed by atoms with Crippen LogP contribution < -0.4 is 0 Å². The molecule has 0 saturated carbocycles. The van der Waals surface area contributed by atoms with Gasteiger partial charge < -0.3 is 9.32 Å².